The molecule has 0 bridgehead atoms. The lowest BCUT2D eigenvalue weighted by molar-refractivity contribution is 0.0117. The van der Waals surface area contributed by atoms with Crippen LogP contribution in [0.25, 0.3) is 11.1 Å². The van der Waals surface area contributed by atoms with Crippen LogP contribution in [0, 0.1) is 5.92 Å². The Balaban J connectivity index is 1.82. The van der Waals surface area contributed by atoms with E-state index in [9.17, 15) is 5.11 Å². The Kier molecular flexibility index (Phi) is 2.92. The van der Waals surface area contributed by atoms with E-state index in [2.05, 4.69) is 55.5 Å². The zero-order valence-corrected chi connectivity index (χ0v) is 10.6. The quantitative estimate of drug-likeness (QED) is 0.842. The molecule has 1 aliphatic rings. The second-order valence-corrected chi connectivity index (χ2v) is 5.26. The van der Waals surface area contributed by atoms with Crippen LogP contribution in [0.4, 0.5) is 0 Å². The molecule has 3 unspecified atom stereocenters. The number of rotatable bonds is 2. The number of aliphatic hydroxyl groups is 1. The first-order valence-electron chi connectivity index (χ1n) is 6.59. The Morgan fingerprint density at radius 3 is 2.06 bits per heavy atom. The Labute approximate surface area is 108 Å². The predicted molar refractivity (Wildman–Crippen MR) is 74.4 cm³/mol. The van der Waals surface area contributed by atoms with Crippen molar-refractivity contribution < 1.29 is 5.11 Å². The minimum Gasteiger partial charge on any atom is -0.393 e. The Hall–Kier alpha value is -1.60. The van der Waals surface area contributed by atoms with Crippen LogP contribution in [0.1, 0.15) is 24.8 Å². The van der Waals surface area contributed by atoms with Crippen LogP contribution in [0.5, 0.6) is 0 Å². The van der Waals surface area contributed by atoms with Gasteiger partial charge in [0.2, 0.25) is 0 Å². The van der Waals surface area contributed by atoms with Crippen molar-refractivity contribution in [2.45, 2.75) is 25.4 Å². The van der Waals surface area contributed by atoms with E-state index in [0.717, 1.165) is 6.42 Å². The van der Waals surface area contributed by atoms with Gasteiger partial charge in [-0.1, -0.05) is 61.5 Å². The van der Waals surface area contributed by atoms with Gasteiger partial charge in [0, 0.05) is 0 Å². The Morgan fingerprint density at radius 1 is 0.889 bits per heavy atom. The van der Waals surface area contributed by atoms with Gasteiger partial charge in [-0.15, -0.1) is 0 Å². The van der Waals surface area contributed by atoms with Gasteiger partial charge in [-0.2, -0.15) is 0 Å². The van der Waals surface area contributed by atoms with Crippen LogP contribution in [0.15, 0.2) is 54.6 Å². The molecule has 18 heavy (non-hydrogen) atoms. The zero-order chi connectivity index (χ0) is 12.5. The van der Waals surface area contributed by atoms with Crippen molar-refractivity contribution in [1.82, 2.24) is 0 Å². The maximum Gasteiger partial charge on any atom is 0.0577 e. The number of benzene rings is 2. The van der Waals surface area contributed by atoms with Crippen LogP contribution in [0.2, 0.25) is 0 Å². The first-order chi connectivity index (χ1) is 8.75. The second kappa shape index (κ2) is 4.58. The summed E-state index contributed by atoms with van der Waals surface area (Å²) < 4.78 is 0. The molecule has 2 aromatic carbocycles. The summed E-state index contributed by atoms with van der Waals surface area (Å²) in [6, 6.07) is 19.2. The van der Waals surface area contributed by atoms with E-state index < -0.39 is 0 Å². The summed E-state index contributed by atoms with van der Waals surface area (Å²) in [5, 5.41) is 9.58. The van der Waals surface area contributed by atoms with E-state index in [1.807, 2.05) is 6.07 Å². The van der Waals surface area contributed by atoms with Crippen molar-refractivity contribution in [2.24, 2.45) is 5.92 Å². The smallest absolute Gasteiger partial charge is 0.0577 e. The monoisotopic (exact) mass is 238 g/mol. The lowest BCUT2D eigenvalue weighted by Gasteiger charge is -2.39. The molecule has 1 aliphatic carbocycles. The van der Waals surface area contributed by atoms with Gasteiger partial charge in [0.05, 0.1) is 6.10 Å². The van der Waals surface area contributed by atoms with Crippen molar-refractivity contribution in [2.75, 3.05) is 0 Å². The predicted octanol–water partition coefficient (Wildman–Crippen LogP) is 3.84. The summed E-state index contributed by atoms with van der Waals surface area (Å²) in [7, 11) is 0. The summed E-state index contributed by atoms with van der Waals surface area (Å²) >= 11 is 0. The molecule has 0 amide bonds. The van der Waals surface area contributed by atoms with Crippen molar-refractivity contribution in [3.8, 4) is 11.1 Å². The molecule has 1 heteroatoms. The van der Waals surface area contributed by atoms with Gasteiger partial charge in [0.25, 0.3) is 0 Å². The van der Waals surface area contributed by atoms with Gasteiger partial charge < -0.3 is 5.11 Å². The summed E-state index contributed by atoms with van der Waals surface area (Å²) in [5.74, 6) is 0.928. The SMILES string of the molecule is CC1C(O)CC1c1ccc(-c2ccccc2)cc1. The highest BCUT2D eigenvalue weighted by Gasteiger charge is 2.36. The van der Waals surface area contributed by atoms with Crippen molar-refractivity contribution in [3.63, 3.8) is 0 Å². The number of hydrogen-bond acceptors (Lipinski definition) is 1. The van der Waals surface area contributed by atoms with E-state index in [-0.39, 0.29) is 6.10 Å². The number of aliphatic hydroxyl groups excluding tert-OH is 1. The van der Waals surface area contributed by atoms with Crippen LogP contribution >= 0.6 is 0 Å². The summed E-state index contributed by atoms with van der Waals surface area (Å²) in [4.78, 5) is 0. The maximum absolute atomic E-state index is 9.58. The molecule has 3 rings (SSSR count). The average molecular weight is 238 g/mol. The van der Waals surface area contributed by atoms with E-state index >= 15 is 0 Å². The fraction of sp³-hybridized carbons (Fsp3) is 0.294. The Bertz CT molecular complexity index is 515. The van der Waals surface area contributed by atoms with E-state index in [1.54, 1.807) is 0 Å². The highest BCUT2D eigenvalue weighted by molar-refractivity contribution is 5.63. The molecule has 0 heterocycles. The molecule has 1 nitrogen and oxygen atoms in total. The molecule has 0 saturated heterocycles. The van der Waals surface area contributed by atoms with Crippen molar-refractivity contribution >= 4 is 0 Å². The Morgan fingerprint density at radius 2 is 1.50 bits per heavy atom. The molecule has 0 spiro atoms. The molecule has 0 radical (unpaired) electrons. The van der Waals surface area contributed by atoms with Gasteiger partial charge in [-0.05, 0) is 34.9 Å². The van der Waals surface area contributed by atoms with E-state index in [4.69, 9.17) is 0 Å². The van der Waals surface area contributed by atoms with Gasteiger partial charge in [-0.3, -0.25) is 0 Å². The van der Waals surface area contributed by atoms with Crippen molar-refractivity contribution in [1.29, 1.82) is 0 Å². The van der Waals surface area contributed by atoms with Crippen LogP contribution < -0.4 is 0 Å². The normalized spacial score (nSPS) is 26.7. The third-order valence-electron chi connectivity index (χ3n) is 4.18. The molecule has 2 aromatic rings. The molecule has 0 aromatic heterocycles. The van der Waals surface area contributed by atoms with E-state index in [1.165, 1.54) is 16.7 Å². The molecule has 1 saturated carbocycles. The molecule has 1 fully saturated rings. The van der Waals surface area contributed by atoms with Crippen molar-refractivity contribution in [3.05, 3.63) is 60.2 Å². The number of hydrogen-bond donors (Lipinski definition) is 1. The fourth-order valence-corrected chi connectivity index (χ4v) is 2.75. The molecular weight excluding hydrogens is 220 g/mol. The van der Waals surface area contributed by atoms with Crippen LogP contribution in [-0.4, -0.2) is 11.2 Å². The minimum atomic E-state index is -0.108. The first-order valence-corrected chi connectivity index (χ1v) is 6.59. The van der Waals surface area contributed by atoms with Gasteiger partial charge in [0.15, 0.2) is 0 Å². The van der Waals surface area contributed by atoms with Crippen LogP contribution in [-0.2, 0) is 0 Å². The largest absolute Gasteiger partial charge is 0.393 e. The summed E-state index contributed by atoms with van der Waals surface area (Å²) in [6.45, 7) is 2.13. The highest BCUT2D eigenvalue weighted by atomic mass is 16.3. The maximum atomic E-state index is 9.58. The minimum absolute atomic E-state index is 0.108. The lowest BCUT2D eigenvalue weighted by Crippen LogP contribution is -2.37. The second-order valence-electron chi connectivity index (χ2n) is 5.26. The standard InChI is InChI=1S/C17H18O/c1-12-16(11-17(12)18)15-9-7-14(8-10-15)13-5-3-2-4-6-13/h2-10,12,16-18H,11H2,1H3. The van der Waals surface area contributed by atoms with E-state index in [0.29, 0.717) is 11.8 Å². The van der Waals surface area contributed by atoms with Gasteiger partial charge >= 0.3 is 0 Å². The average Bonchev–Trinajstić information content (AvgIpc) is 2.45. The molecular formula is C17H18O. The fourth-order valence-electron chi connectivity index (χ4n) is 2.75. The van der Waals surface area contributed by atoms with Crippen LogP contribution in [0.3, 0.4) is 0 Å². The molecule has 0 aliphatic heterocycles. The van der Waals surface area contributed by atoms with Gasteiger partial charge in [-0.25, -0.2) is 0 Å². The summed E-state index contributed by atoms with van der Waals surface area (Å²) in [5.41, 5.74) is 3.87. The third-order valence-corrected chi connectivity index (χ3v) is 4.18. The highest BCUT2D eigenvalue weighted by Crippen LogP contribution is 2.42. The molecule has 92 valence electrons. The topological polar surface area (TPSA) is 20.2 Å². The zero-order valence-electron chi connectivity index (χ0n) is 10.6. The molecule has 1 N–H and O–H groups in total. The molecule has 3 atom stereocenters. The lowest BCUT2D eigenvalue weighted by atomic mass is 9.69. The third kappa shape index (κ3) is 1.95. The first kappa shape index (κ1) is 11.5. The van der Waals surface area contributed by atoms with Gasteiger partial charge in [0.1, 0.15) is 0 Å². The summed E-state index contributed by atoms with van der Waals surface area (Å²) in [6.07, 6.45) is 0.801.